The molecule has 0 aliphatic carbocycles. The molecule has 19 heavy (non-hydrogen) atoms. The molecule has 0 radical (unpaired) electrons. The van der Waals surface area contributed by atoms with Crippen LogP contribution in [0.15, 0.2) is 11.1 Å². The maximum atomic E-state index is 9.65. The van der Waals surface area contributed by atoms with Crippen molar-refractivity contribution in [1.82, 2.24) is 9.97 Å². The van der Waals surface area contributed by atoms with Gasteiger partial charge in [-0.15, -0.1) is 11.3 Å². The molecule has 2 aromatic rings. The Labute approximate surface area is 121 Å². The molecule has 0 saturated carbocycles. The first-order valence-electron chi connectivity index (χ1n) is 6.38. The van der Waals surface area contributed by atoms with Gasteiger partial charge in [-0.05, 0) is 26.8 Å². The third kappa shape index (κ3) is 3.38. The van der Waals surface area contributed by atoms with Crippen LogP contribution in [0.4, 0.5) is 5.95 Å². The highest BCUT2D eigenvalue weighted by Crippen LogP contribution is 2.34. The summed E-state index contributed by atoms with van der Waals surface area (Å²) in [6.07, 6.45) is -0.364. The van der Waals surface area contributed by atoms with E-state index in [0.29, 0.717) is 5.95 Å². The van der Waals surface area contributed by atoms with Crippen molar-refractivity contribution in [3.63, 3.8) is 0 Å². The Balaban J connectivity index is 2.43. The Morgan fingerprint density at radius 3 is 2.79 bits per heavy atom. The van der Waals surface area contributed by atoms with Crippen LogP contribution < -0.4 is 5.32 Å². The van der Waals surface area contributed by atoms with Gasteiger partial charge in [0.05, 0.1) is 6.10 Å². The molecule has 2 rings (SSSR count). The van der Waals surface area contributed by atoms with E-state index in [1.54, 1.807) is 30.0 Å². The van der Waals surface area contributed by atoms with Crippen molar-refractivity contribution in [2.24, 2.45) is 0 Å². The molecule has 2 aromatic heterocycles. The molecule has 0 fully saturated rings. The summed E-state index contributed by atoms with van der Waals surface area (Å²) in [6.45, 7) is 8.71. The molecule has 0 aliphatic heterocycles. The van der Waals surface area contributed by atoms with Crippen LogP contribution in [0.1, 0.15) is 25.6 Å². The molecule has 2 heterocycles. The van der Waals surface area contributed by atoms with Gasteiger partial charge in [0.25, 0.3) is 0 Å². The molecular weight excluding hydrogens is 278 g/mol. The number of thiophene rings is 1. The minimum Gasteiger partial charge on any atom is -0.392 e. The van der Waals surface area contributed by atoms with Gasteiger partial charge in [-0.3, -0.25) is 0 Å². The summed E-state index contributed by atoms with van der Waals surface area (Å²) in [6, 6.07) is 2.12. The fourth-order valence-electron chi connectivity index (χ4n) is 1.62. The number of aromatic nitrogens is 2. The van der Waals surface area contributed by atoms with E-state index in [0.717, 1.165) is 21.8 Å². The lowest BCUT2D eigenvalue weighted by molar-refractivity contribution is 0.196. The third-order valence-corrected chi connectivity index (χ3v) is 5.04. The number of nitrogens with zero attached hydrogens (tertiary/aromatic N) is 2. The maximum Gasteiger partial charge on any atom is 0.225 e. The van der Waals surface area contributed by atoms with Gasteiger partial charge in [-0.25, -0.2) is 9.97 Å². The van der Waals surface area contributed by atoms with Crippen LogP contribution in [0.5, 0.6) is 0 Å². The molecule has 0 saturated heterocycles. The van der Waals surface area contributed by atoms with Gasteiger partial charge in [-0.1, -0.05) is 18.7 Å². The number of nitrogens with one attached hydrogen (secondary N) is 1. The van der Waals surface area contributed by atoms with E-state index in [4.69, 9.17) is 0 Å². The molecule has 6 heteroatoms. The van der Waals surface area contributed by atoms with Gasteiger partial charge in [-0.2, -0.15) is 0 Å². The van der Waals surface area contributed by atoms with E-state index < -0.39 is 0 Å². The van der Waals surface area contributed by atoms with Crippen molar-refractivity contribution in [2.45, 2.75) is 44.1 Å². The number of fused-ring (bicyclic) bond motifs is 1. The quantitative estimate of drug-likeness (QED) is 0.655. The minimum atomic E-state index is -0.364. The van der Waals surface area contributed by atoms with E-state index in [1.807, 2.05) is 13.8 Å². The van der Waals surface area contributed by atoms with Crippen molar-refractivity contribution in [1.29, 1.82) is 0 Å². The number of aryl methyl sites for hydroxylation is 1. The summed E-state index contributed by atoms with van der Waals surface area (Å²) in [5, 5.41) is 14.9. The fraction of sp³-hybridized carbons (Fsp3) is 0.538. The number of aliphatic hydroxyl groups excluding tert-OH is 1. The summed E-state index contributed by atoms with van der Waals surface area (Å²) in [5.41, 5.74) is 0. The predicted octanol–water partition coefficient (Wildman–Crippen LogP) is 3.29. The zero-order valence-corrected chi connectivity index (χ0v) is 13.2. The first-order chi connectivity index (χ1) is 9.01. The minimum absolute atomic E-state index is 0.104. The van der Waals surface area contributed by atoms with Crippen LogP contribution in [-0.2, 0) is 0 Å². The summed E-state index contributed by atoms with van der Waals surface area (Å²) in [5.74, 6) is 0.664. The van der Waals surface area contributed by atoms with Crippen LogP contribution in [0.2, 0.25) is 0 Å². The molecule has 2 atom stereocenters. The highest BCUT2D eigenvalue weighted by molar-refractivity contribution is 8.00. The Morgan fingerprint density at radius 1 is 1.42 bits per heavy atom. The number of rotatable bonds is 5. The second-order valence-electron chi connectivity index (χ2n) is 4.52. The van der Waals surface area contributed by atoms with Crippen molar-refractivity contribution in [3.8, 4) is 0 Å². The number of hydrogen-bond donors (Lipinski definition) is 2. The average molecular weight is 297 g/mol. The van der Waals surface area contributed by atoms with Gasteiger partial charge in [0.2, 0.25) is 5.95 Å². The number of thioether (sulfide) groups is 1. The molecule has 2 unspecified atom stereocenters. The van der Waals surface area contributed by atoms with E-state index in [9.17, 15) is 5.11 Å². The second-order valence-corrected chi connectivity index (χ2v) is 7.12. The largest absolute Gasteiger partial charge is 0.392 e. The smallest absolute Gasteiger partial charge is 0.225 e. The molecule has 104 valence electrons. The van der Waals surface area contributed by atoms with Gasteiger partial charge in [0, 0.05) is 22.1 Å². The fourth-order valence-corrected chi connectivity index (χ4v) is 3.53. The lowest BCUT2D eigenvalue weighted by Gasteiger charge is -2.14. The molecular formula is C13H19N3OS2. The summed E-state index contributed by atoms with van der Waals surface area (Å²) in [4.78, 5) is 11.3. The zero-order chi connectivity index (χ0) is 14.0. The Kier molecular flexibility index (Phi) is 4.65. The topological polar surface area (TPSA) is 58.0 Å². The van der Waals surface area contributed by atoms with Crippen LogP contribution in [0, 0.1) is 6.92 Å². The lowest BCUT2D eigenvalue weighted by Crippen LogP contribution is -2.15. The van der Waals surface area contributed by atoms with E-state index in [1.165, 1.54) is 4.88 Å². The summed E-state index contributed by atoms with van der Waals surface area (Å²) < 4.78 is 0. The van der Waals surface area contributed by atoms with Crippen LogP contribution in [0.25, 0.3) is 10.2 Å². The molecule has 0 aliphatic rings. The average Bonchev–Trinajstić information content (AvgIpc) is 2.70. The number of aliphatic hydroxyl groups is 1. The standard InChI is InChI=1S/C13H19N3OS2/c1-5-14-13-15-11-10(6-7(2)18-11)12(16-13)19-9(4)8(3)17/h6,8-9,17H,5H2,1-4H3,(H,14,15,16). The predicted molar refractivity (Wildman–Crippen MR) is 83.3 cm³/mol. The Morgan fingerprint density at radius 2 is 2.16 bits per heavy atom. The van der Waals surface area contributed by atoms with Crippen molar-refractivity contribution in [2.75, 3.05) is 11.9 Å². The van der Waals surface area contributed by atoms with E-state index in [2.05, 4.69) is 28.3 Å². The molecule has 0 aromatic carbocycles. The lowest BCUT2D eigenvalue weighted by atomic mass is 10.3. The summed E-state index contributed by atoms with van der Waals surface area (Å²) in [7, 11) is 0. The van der Waals surface area contributed by atoms with Crippen LogP contribution >= 0.6 is 23.1 Å². The normalized spacial score (nSPS) is 14.6. The summed E-state index contributed by atoms with van der Waals surface area (Å²) >= 11 is 3.27. The SMILES string of the molecule is CCNc1nc(SC(C)C(C)O)c2cc(C)sc2n1. The van der Waals surface area contributed by atoms with Crippen molar-refractivity contribution >= 4 is 39.3 Å². The van der Waals surface area contributed by atoms with Gasteiger partial charge in [0.15, 0.2) is 0 Å². The molecule has 0 spiro atoms. The number of anilines is 1. The Hall–Kier alpha value is -0.850. The number of hydrogen-bond acceptors (Lipinski definition) is 6. The van der Waals surface area contributed by atoms with Gasteiger partial charge in [0.1, 0.15) is 9.86 Å². The zero-order valence-electron chi connectivity index (χ0n) is 11.6. The van der Waals surface area contributed by atoms with E-state index in [-0.39, 0.29) is 11.4 Å². The Bertz CT molecular complexity index is 568. The second kappa shape index (κ2) is 6.07. The third-order valence-electron chi connectivity index (χ3n) is 2.79. The first-order valence-corrected chi connectivity index (χ1v) is 8.07. The van der Waals surface area contributed by atoms with Crippen molar-refractivity contribution in [3.05, 3.63) is 10.9 Å². The molecule has 0 amide bonds. The monoisotopic (exact) mass is 297 g/mol. The van der Waals surface area contributed by atoms with Crippen LogP contribution in [-0.4, -0.2) is 33.0 Å². The van der Waals surface area contributed by atoms with Crippen molar-refractivity contribution < 1.29 is 5.11 Å². The first kappa shape index (κ1) is 14.6. The van der Waals surface area contributed by atoms with Gasteiger partial charge < -0.3 is 10.4 Å². The highest BCUT2D eigenvalue weighted by Gasteiger charge is 2.16. The molecule has 2 N–H and O–H groups in total. The van der Waals surface area contributed by atoms with Gasteiger partial charge >= 0.3 is 0 Å². The van der Waals surface area contributed by atoms with E-state index >= 15 is 0 Å². The highest BCUT2D eigenvalue weighted by atomic mass is 32.2. The maximum absolute atomic E-state index is 9.65. The van der Waals surface area contributed by atoms with Crippen LogP contribution in [0.3, 0.4) is 0 Å². The molecule has 4 nitrogen and oxygen atoms in total. The molecule has 0 bridgehead atoms.